The zero-order valence-corrected chi connectivity index (χ0v) is 17.9. The zero-order chi connectivity index (χ0) is 24.4. The van der Waals surface area contributed by atoms with Gasteiger partial charge in [-0.25, -0.2) is 29.4 Å². The third-order valence-electron chi connectivity index (χ3n) is 4.79. The van der Waals surface area contributed by atoms with E-state index < -0.39 is 58.3 Å². The van der Waals surface area contributed by atoms with Crippen LogP contribution >= 0.6 is 0 Å². The van der Waals surface area contributed by atoms with E-state index in [1.54, 1.807) is 0 Å². The standard InChI is InChI=1S/C18H21N5O9/c1-6-9(20-21-16(19)28)18(15(27)32-5)7-8(13(25)30-3)10(14(26)31-4)11-12(24)22(2)17(29)23(11)18/h7H,6H2,1-5H3,(H3,19,21,28)/b20-9+. The fourth-order valence-corrected chi connectivity index (χ4v) is 3.38. The predicted octanol–water partition coefficient (Wildman–Crippen LogP) is -1.23. The molecule has 0 spiro atoms. The molecule has 14 heteroatoms. The number of amides is 5. The number of rotatable bonds is 6. The maximum absolute atomic E-state index is 13.1. The summed E-state index contributed by atoms with van der Waals surface area (Å²) < 4.78 is 14.3. The molecule has 0 aliphatic carbocycles. The second-order valence-electron chi connectivity index (χ2n) is 6.39. The van der Waals surface area contributed by atoms with Gasteiger partial charge >= 0.3 is 30.0 Å². The van der Waals surface area contributed by atoms with E-state index in [1.165, 1.54) is 6.92 Å². The molecule has 1 atom stereocenters. The number of nitrogens with one attached hydrogen (secondary N) is 1. The summed E-state index contributed by atoms with van der Waals surface area (Å²) in [6.07, 6.45) is 0.804. The molecule has 2 heterocycles. The highest BCUT2D eigenvalue weighted by atomic mass is 16.5. The summed E-state index contributed by atoms with van der Waals surface area (Å²) in [6.45, 7) is 1.52. The minimum absolute atomic E-state index is 0.0944. The Morgan fingerprint density at radius 2 is 1.69 bits per heavy atom. The van der Waals surface area contributed by atoms with Crippen molar-refractivity contribution >= 4 is 41.6 Å². The highest BCUT2D eigenvalue weighted by Crippen LogP contribution is 2.42. The van der Waals surface area contributed by atoms with E-state index in [1.807, 2.05) is 5.43 Å². The third kappa shape index (κ3) is 3.44. The number of hydrazone groups is 1. The summed E-state index contributed by atoms with van der Waals surface area (Å²) in [5, 5.41) is 3.79. The van der Waals surface area contributed by atoms with Crippen LogP contribution in [-0.2, 0) is 33.4 Å². The molecule has 32 heavy (non-hydrogen) atoms. The van der Waals surface area contributed by atoms with Crippen LogP contribution in [0.15, 0.2) is 28.0 Å². The van der Waals surface area contributed by atoms with E-state index in [9.17, 15) is 28.8 Å². The van der Waals surface area contributed by atoms with Gasteiger partial charge in [0.25, 0.3) is 5.91 Å². The summed E-state index contributed by atoms with van der Waals surface area (Å²) in [6, 6.07) is -2.12. The number of fused-ring (bicyclic) bond motifs is 1. The lowest BCUT2D eigenvalue weighted by molar-refractivity contribution is -0.147. The number of carbonyl (C=O) groups excluding carboxylic acids is 6. The van der Waals surface area contributed by atoms with Crippen molar-refractivity contribution in [3.8, 4) is 0 Å². The predicted molar refractivity (Wildman–Crippen MR) is 104 cm³/mol. The van der Waals surface area contributed by atoms with E-state index in [-0.39, 0.29) is 12.1 Å². The molecule has 0 saturated carbocycles. The number of carbonyl (C=O) groups is 6. The number of methoxy groups -OCH3 is 3. The molecule has 0 aromatic carbocycles. The number of hydrogen-bond acceptors (Lipinski definition) is 10. The number of primary amides is 1. The van der Waals surface area contributed by atoms with E-state index in [0.717, 1.165) is 34.5 Å². The van der Waals surface area contributed by atoms with Crippen molar-refractivity contribution in [2.75, 3.05) is 28.4 Å². The first kappa shape index (κ1) is 24.0. The van der Waals surface area contributed by atoms with Crippen LogP contribution in [0, 0.1) is 0 Å². The molecule has 172 valence electrons. The van der Waals surface area contributed by atoms with Crippen molar-refractivity contribution in [2.45, 2.75) is 18.9 Å². The fourth-order valence-electron chi connectivity index (χ4n) is 3.38. The van der Waals surface area contributed by atoms with Crippen LogP contribution in [0.3, 0.4) is 0 Å². The minimum atomic E-state index is -2.35. The lowest BCUT2D eigenvalue weighted by Gasteiger charge is -2.40. The van der Waals surface area contributed by atoms with Crippen molar-refractivity contribution in [3.63, 3.8) is 0 Å². The number of urea groups is 2. The first-order valence-electron chi connectivity index (χ1n) is 9.00. The van der Waals surface area contributed by atoms with Crippen molar-refractivity contribution in [1.82, 2.24) is 15.2 Å². The maximum Gasteiger partial charge on any atom is 0.342 e. The van der Waals surface area contributed by atoms with Gasteiger partial charge in [0.05, 0.1) is 32.6 Å². The molecule has 1 saturated heterocycles. The van der Waals surface area contributed by atoms with Crippen LogP contribution in [-0.4, -0.2) is 85.3 Å². The topological polar surface area (TPSA) is 187 Å². The van der Waals surface area contributed by atoms with Crippen LogP contribution in [0.5, 0.6) is 0 Å². The number of imide groups is 1. The number of hydrogen-bond donors (Lipinski definition) is 2. The largest absolute Gasteiger partial charge is 0.467 e. The molecule has 2 aliphatic rings. The average molecular weight is 451 g/mol. The van der Waals surface area contributed by atoms with E-state index in [0.29, 0.717) is 9.80 Å². The van der Waals surface area contributed by atoms with Crippen LogP contribution in [0.2, 0.25) is 0 Å². The fraction of sp³-hybridized carbons (Fsp3) is 0.389. The maximum atomic E-state index is 13.1. The zero-order valence-electron chi connectivity index (χ0n) is 17.9. The normalized spacial score (nSPS) is 20.5. The minimum Gasteiger partial charge on any atom is -0.467 e. The van der Waals surface area contributed by atoms with Crippen molar-refractivity contribution in [1.29, 1.82) is 0 Å². The van der Waals surface area contributed by atoms with Crippen molar-refractivity contribution in [2.24, 2.45) is 10.8 Å². The van der Waals surface area contributed by atoms with Gasteiger partial charge in [0.2, 0.25) is 5.54 Å². The van der Waals surface area contributed by atoms with Gasteiger partial charge in [0.15, 0.2) is 0 Å². The van der Waals surface area contributed by atoms with Gasteiger partial charge in [0.1, 0.15) is 11.3 Å². The quantitative estimate of drug-likeness (QED) is 0.164. The second kappa shape index (κ2) is 8.87. The molecule has 3 N–H and O–H groups in total. The van der Waals surface area contributed by atoms with Gasteiger partial charge in [-0.1, -0.05) is 6.92 Å². The Morgan fingerprint density at radius 1 is 1.09 bits per heavy atom. The molecular weight excluding hydrogens is 430 g/mol. The SMILES string of the molecule is CC/C(=N\NC(N)=O)C1(C(=O)OC)C=C(C(=O)OC)C(C(=O)OC)=C2C(=O)N(C)C(=O)N21. The Morgan fingerprint density at radius 3 is 2.16 bits per heavy atom. The summed E-state index contributed by atoms with van der Waals surface area (Å²) in [7, 11) is 4.11. The summed E-state index contributed by atoms with van der Waals surface area (Å²) in [5.41, 5.74) is 2.65. The summed E-state index contributed by atoms with van der Waals surface area (Å²) in [4.78, 5) is 76.8. The monoisotopic (exact) mass is 451 g/mol. The number of nitrogens with zero attached hydrogens (tertiary/aromatic N) is 3. The second-order valence-corrected chi connectivity index (χ2v) is 6.39. The van der Waals surface area contributed by atoms with Crippen LogP contribution in [0.4, 0.5) is 9.59 Å². The lowest BCUT2D eigenvalue weighted by Crippen LogP contribution is -2.62. The molecule has 0 radical (unpaired) electrons. The van der Waals surface area contributed by atoms with E-state index in [2.05, 4.69) is 9.84 Å². The first-order chi connectivity index (χ1) is 15.0. The molecule has 14 nitrogen and oxygen atoms in total. The number of esters is 3. The molecule has 5 amide bonds. The smallest absolute Gasteiger partial charge is 0.342 e. The van der Waals surface area contributed by atoms with Gasteiger partial charge in [-0.15, -0.1) is 0 Å². The van der Waals surface area contributed by atoms with E-state index >= 15 is 0 Å². The molecule has 2 rings (SSSR count). The summed E-state index contributed by atoms with van der Waals surface area (Å²) in [5.74, 6) is -4.40. The van der Waals surface area contributed by atoms with E-state index in [4.69, 9.17) is 15.2 Å². The molecular formula is C18H21N5O9. The molecule has 0 bridgehead atoms. The molecule has 1 fully saturated rings. The van der Waals surface area contributed by atoms with Crippen molar-refractivity contribution in [3.05, 3.63) is 22.9 Å². The van der Waals surface area contributed by atoms with Gasteiger partial charge < -0.3 is 19.9 Å². The third-order valence-corrected chi connectivity index (χ3v) is 4.79. The lowest BCUT2D eigenvalue weighted by atomic mass is 9.81. The van der Waals surface area contributed by atoms with Crippen LogP contribution < -0.4 is 11.2 Å². The Bertz CT molecular complexity index is 1010. The summed E-state index contributed by atoms with van der Waals surface area (Å²) >= 11 is 0. The first-order valence-corrected chi connectivity index (χ1v) is 9.00. The van der Waals surface area contributed by atoms with Crippen LogP contribution in [0.1, 0.15) is 13.3 Å². The molecule has 0 aromatic rings. The Hall–Kier alpha value is -4.23. The number of likely N-dealkylation sites (N-methyl/N-ethyl adjacent to an activating group) is 1. The van der Waals surface area contributed by atoms with Crippen molar-refractivity contribution < 1.29 is 43.0 Å². The molecule has 2 aliphatic heterocycles. The Balaban J connectivity index is 3.07. The Kier molecular flexibility index (Phi) is 6.66. The van der Waals surface area contributed by atoms with Gasteiger partial charge in [-0.05, 0) is 12.5 Å². The highest BCUT2D eigenvalue weighted by Gasteiger charge is 2.62. The van der Waals surface area contributed by atoms with Gasteiger partial charge in [0, 0.05) is 7.05 Å². The molecule has 1 unspecified atom stereocenters. The highest BCUT2D eigenvalue weighted by molar-refractivity contribution is 6.26. The van der Waals surface area contributed by atoms with Gasteiger partial charge in [-0.3, -0.25) is 14.6 Å². The van der Waals surface area contributed by atoms with Crippen LogP contribution in [0.25, 0.3) is 0 Å². The Labute approximate surface area is 181 Å². The van der Waals surface area contributed by atoms with Gasteiger partial charge in [-0.2, -0.15) is 5.10 Å². The average Bonchev–Trinajstić information content (AvgIpc) is 3.01. The number of nitrogens with two attached hydrogens (primary N) is 1. The number of ether oxygens (including phenoxy) is 3. The molecule has 0 aromatic heterocycles.